The summed E-state index contributed by atoms with van der Waals surface area (Å²) in [6.07, 6.45) is 0. The van der Waals surface area contributed by atoms with Crippen LogP contribution in [-0.2, 0) is 0 Å². The van der Waals surface area contributed by atoms with Gasteiger partial charge >= 0.3 is 0 Å². The average Bonchev–Trinajstić information content (AvgIpc) is 2.79. The third-order valence-corrected chi connectivity index (χ3v) is 4.45. The van der Waals surface area contributed by atoms with Crippen molar-refractivity contribution < 1.29 is 4.79 Å². The third kappa shape index (κ3) is 6.28. The van der Waals surface area contributed by atoms with Gasteiger partial charge in [0.2, 0.25) is 0 Å². The van der Waals surface area contributed by atoms with E-state index < -0.39 is 0 Å². The number of carbonyl (C=O) groups is 1. The van der Waals surface area contributed by atoms with Crippen LogP contribution in [0.2, 0.25) is 0 Å². The fraction of sp³-hybridized carbons (Fsp3) is 0.185. The van der Waals surface area contributed by atoms with Gasteiger partial charge in [-0.15, -0.1) is 0 Å². The first-order chi connectivity index (χ1) is 14.5. The molecule has 0 unspecified atom stereocenters. The summed E-state index contributed by atoms with van der Waals surface area (Å²) in [4.78, 5) is 17.6. The van der Waals surface area contributed by atoms with Gasteiger partial charge in [-0.3, -0.25) is 9.79 Å². The number of nitrogens with zero attached hydrogens (tertiary/aromatic N) is 1. The molecule has 1 N–H and O–H groups in total. The van der Waals surface area contributed by atoms with E-state index in [1.165, 1.54) is 0 Å². The molecule has 0 fully saturated rings. The van der Waals surface area contributed by atoms with E-state index in [2.05, 4.69) is 5.32 Å². The first kappa shape index (κ1) is 22.8. The van der Waals surface area contributed by atoms with Gasteiger partial charge in [0.1, 0.15) is 0 Å². The van der Waals surface area contributed by atoms with Crippen LogP contribution in [0.3, 0.4) is 0 Å². The van der Waals surface area contributed by atoms with E-state index in [-0.39, 0.29) is 5.91 Å². The van der Waals surface area contributed by atoms with Crippen molar-refractivity contribution in [2.75, 3.05) is 0 Å². The van der Waals surface area contributed by atoms with Crippen molar-refractivity contribution in [1.29, 1.82) is 0 Å². The molecule has 0 radical (unpaired) electrons. The van der Waals surface area contributed by atoms with Crippen LogP contribution in [0.15, 0.2) is 95.6 Å². The van der Waals surface area contributed by atoms with Crippen LogP contribution in [0.1, 0.15) is 54.7 Å². The van der Waals surface area contributed by atoms with Crippen molar-refractivity contribution in [1.82, 2.24) is 5.32 Å². The molecule has 3 rings (SSSR count). The maximum atomic E-state index is 12.7. The van der Waals surface area contributed by atoms with Gasteiger partial charge in [-0.1, -0.05) is 92.2 Å². The van der Waals surface area contributed by atoms with Crippen LogP contribution >= 0.6 is 0 Å². The summed E-state index contributed by atoms with van der Waals surface area (Å²) in [5.41, 5.74) is 6.05. The fourth-order valence-electron chi connectivity index (χ4n) is 2.96. The highest BCUT2D eigenvalue weighted by Gasteiger charge is 2.11. The van der Waals surface area contributed by atoms with E-state index >= 15 is 0 Å². The predicted molar refractivity (Wildman–Crippen MR) is 128 cm³/mol. The van der Waals surface area contributed by atoms with Gasteiger partial charge < -0.3 is 5.32 Å². The highest BCUT2D eigenvalue weighted by molar-refractivity contribution is 6.02. The lowest BCUT2D eigenvalue weighted by Gasteiger charge is -2.12. The molecule has 1 amide bonds. The molecule has 0 aliphatic carbocycles. The second-order valence-electron chi connectivity index (χ2n) is 6.73. The monoisotopic (exact) mass is 398 g/mol. The lowest BCUT2D eigenvalue weighted by atomic mass is 10.1. The topological polar surface area (TPSA) is 41.5 Å². The number of carbonyl (C=O) groups excluding carboxylic acids is 1. The van der Waals surface area contributed by atoms with Crippen molar-refractivity contribution in [2.45, 2.75) is 34.6 Å². The van der Waals surface area contributed by atoms with Gasteiger partial charge in [0.25, 0.3) is 5.91 Å². The normalized spacial score (nSPS) is 11.7. The molecule has 3 heteroatoms. The van der Waals surface area contributed by atoms with Crippen molar-refractivity contribution in [3.8, 4) is 0 Å². The van der Waals surface area contributed by atoms with Gasteiger partial charge in [-0.25, -0.2) is 0 Å². The number of hydrogen-bond donors (Lipinski definition) is 1. The lowest BCUT2D eigenvalue weighted by Crippen LogP contribution is -2.22. The minimum absolute atomic E-state index is 0.137. The molecule has 0 saturated carbocycles. The molecule has 3 nitrogen and oxygen atoms in total. The molecule has 3 aromatic carbocycles. The van der Waals surface area contributed by atoms with Gasteiger partial charge in [0.05, 0.1) is 5.70 Å². The molecule has 0 aliphatic heterocycles. The molecular weight excluding hydrogens is 368 g/mol. The van der Waals surface area contributed by atoms with Crippen LogP contribution in [0.4, 0.5) is 0 Å². The van der Waals surface area contributed by atoms with Crippen LogP contribution in [0.5, 0.6) is 0 Å². The molecule has 0 atom stereocenters. The standard InChI is InChI=1S/C25H24N2O.C2H6/c1-18-11-10-16-23(17-18)25(28)27-20(3)24(22-14-8-5-9-15-22)26-19(2)21-12-6-4-7-13-21;1-2/h4-17H,1-3H3,(H,27,28);1-2H3/b24-20+,26-19?;. The Morgan fingerprint density at radius 1 is 0.733 bits per heavy atom. The van der Waals surface area contributed by atoms with Gasteiger partial charge in [-0.2, -0.15) is 0 Å². The molecule has 0 bridgehead atoms. The Balaban J connectivity index is 0.00000155. The summed E-state index contributed by atoms with van der Waals surface area (Å²) in [6.45, 7) is 9.84. The zero-order chi connectivity index (χ0) is 21.9. The van der Waals surface area contributed by atoms with E-state index in [9.17, 15) is 4.79 Å². The maximum absolute atomic E-state index is 12.7. The lowest BCUT2D eigenvalue weighted by molar-refractivity contribution is 0.0966. The minimum atomic E-state index is -0.137. The molecular formula is C27H30N2O. The Kier molecular flexibility index (Phi) is 8.76. The zero-order valence-corrected chi connectivity index (χ0v) is 18.4. The van der Waals surface area contributed by atoms with Crippen LogP contribution in [-0.4, -0.2) is 11.6 Å². The molecule has 0 aliphatic rings. The van der Waals surface area contributed by atoms with Crippen molar-refractivity contribution in [3.63, 3.8) is 0 Å². The van der Waals surface area contributed by atoms with Crippen LogP contribution in [0.25, 0.3) is 5.70 Å². The first-order valence-corrected chi connectivity index (χ1v) is 10.3. The van der Waals surface area contributed by atoms with Crippen LogP contribution < -0.4 is 5.32 Å². The van der Waals surface area contributed by atoms with Gasteiger partial charge in [0, 0.05) is 22.5 Å². The predicted octanol–water partition coefficient (Wildman–Crippen LogP) is 6.65. The second-order valence-corrected chi connectivity index (χ2v) is 6.73. The minimum Gasteiger partial charge on any atom is -0.324 e. The van der Waals surface area contributed by atoms with E-state index in [4.69, 9.17) is 4.99 Å². The molecule has 0 aromatic heterocycles. The van der Waals surface area contributed by atoms with E-state index in [0.717, 1.165) is 28.1 Å². The van der Waals surface area contributed by atoms with E-state index in [1.54, 1.807) is 0 Å². The largest absolute Gasteiger partial charge is 0.324 e. The number of allylic oxidation sites excluding steroid dienone is 1. The molecule has 0 saturated heterocycles. The summed E-state index contributed by atoms with van der Waals surface area (Å²) in [5, 5.41) is 3.01. The van der Waals surface area contributed by atoms with Crippen molar-refractivity contribution in [2.24, 2.45) is 4.99 Å². The number of aliphatic imine (C=N–C) groups is 1. The Morgan fingerprint density at radius 2 is 1.27 bits per heavy atom. The molecule has 3 aromatic rings. The Labute approximate surface area is 180 Å². The molecule has 154 valence electrons. The number of hydrogen-bond acceptors (Lipinski definition) is 2. The Morgan fingerprint density at radius 3 is 1.83 bits per heavy atom. The van der Waals surface area contributed by atoms with Gasteiger partial charge in [0.15, 0.2) is 0 Å². The number of nitrogens with one attached hydrogen (secondary N) is 1. The summed E-state index contributed by atoms with van der Waals surface area (Å²) >= 11 is 0. The summed E-state index contributed by atoms with van der Waals surface area (Å²) in [6, 6.07) is 27.5. The highest BCUT2D eigenvalue weighted by Crippen LogP contribution is 2.21. The smallest absolute Gasteiger partial charge is 0.255 e. The summed E-state index contributed by atoms with van der Waals surface area (Å²) in [5.74, 6) is -0.137. The Hall–Kier alpha value is -3.46. The molecule has 30 heavy (non-hydrogen) atoms. The third-order valence-electron chi connectivity index (χ3n) is 4.45. The summed E-state index contributed by atoms with van der Waals surface area (Å²) in [7, 11) is 0. The molecule has 0 heterocycles. The number of aryl methyl sites for hydroxylation is 1. The van der Waals surface area contributed by atoms with Crippen molar-refractivity contribution >= 4 is 17.3 Å². The fourth-order valence-corrected chi connectivity index (χ4v) is 2.96. The highest BCUT2D eigenvalue weighted by atomic mass is 16.1. The van der Waals surface area contributed by atoms with E-state index in [0.29, 0.717) is 11.3 Å². The first-order valence-electron chi connectivity index (χ1n) is 10.3. The maximum Gasteiger partial charge on any atom is 0.255 e. The number of benzene rings is 3. The average molecular weight is 399 g/mol. The Bertz CT molecular complexity index is 1020. The second kappa shape index (κ2) is 11.5. The quantitative estimate of drug-likeness (QED) is 0.480. The number of rotatable bonds is 5. The van der Waals surface area contributed by atoms with Crippen LogP contribution in [0, 0.1) is 6.92 Å². The summed E-state index contributed by atoms with van der Waals surface area (Å²) < 4.78 is 0. The van der Waals surface area contributed by atoms with Gasteiger partial charge in [-0.05, 0) is 38.5 Å². The number of amides is 1. The molecule has 0 spiro atoms. The van der Waals surface area contributed by atoms with Crippen molar-refractivity contribution in [3.05, 3.63) is 113 Å². The van der Waals surface area contributed by atoms with E-state index in [1.807, 2.05) is 120 Å². The zero-order valence-electron chi connectivity index (χ0n) is 18.4. The SMILES string of the molecule is CC.CC(=N/C(=C(\C)NC(=O)c1cccc(C)c1)c1ccccc1)c1ccccc1.